The summed E-state index contributed by atoms with van der Waals surface area (Å²) >= 11 is 0. The molecule has 14 heteroatoms. The molecule has 5 aliphatic rings. The number of hydrogen-bond acceptors (Lipinski definition) is 11. The predicted molar refractivity (Wildman–Crippen MR) is 208 cm³/mol. The fourth-order valence-electron chi connectivity index (χ4n) is 8.35. The first-order valence-corrected chi connectivity index (χ1v) is 19.3. The van der Waals surface area contributed by atoms with Gasteiger partial charge in [0.25, 0.3) is 17.7 Å². The lowest BCUT2D eigenvalue weighted by molar-refractivity contribution is -0.136. The number of fused-ring (bicyclic) bond motifs is 1. The van der Waals surface area contributed by atoms with Gasteiger partial charge in [-0.15, -0.1) is 0 Å². The maximum atomic E-state index is 13.6. The highest BCUT2D eigenvalue weighted by Gasteiger charge is 2.50. The van der Waals surface area contributed by atoms with E-state index in [1.54, 1.807) is 36.3 Å². The SMILES string of the molecule is CN(C(=O)c1ccc(C(C)(C)c2ccc(OCc3ccnc(N4CC5(COC5)C4)n3)cc2)cc1)C1CN(c2ccc3c(c2)C(=O)N(C2CCC(=O)NC2=O)C3=O)C1. The summed E-state index contributed by atoms with van der Waals surface area (Å²) in [6.45, 7) is 9.25. The van der Waals surface area contributed by atoms with E-state index in [-0.39, 0.29) is 41.3 Å². The number of hydrogen-bond donors (Lipinski definition) is 1. The van der Waals surface area contributed by atoms with Crippen molar-refractivity contribution < 1.29 is 33.4 Å². The maximum Gasteiger partial charge on any atom is 0.262 e. The topological polar surface area (TPSA) is 155 Å². The van der Waals surface area contributed by atoms with E-state index < -0.39 is 29.7 Å². The Labute approximate surface area is 329 Å². The first-order chi connectivity index (χ1) is 27.4. The summed E-state index contributed by atoms with van der Waals surface area (Å²) in [7, 11) is 1.80. The Balaban J connectivity index is 0.780. The number of anilines is 2. The van der Waals surface area contributed by atoms with Crippen molar-refractivity contribution in [2.24, 2.45) is 5.41 Å². The number of ether oxygens (including phenoxy) is 2. The third-order valence-electron chi connectivity index (χ3n) is 12.2. The standard InChI is InChI=1S/C43H43N7O7/c1-42(2,28-8-11-32(12-9-28)57-21-29-16-17-44-41(45-29)49-22-43(23-49)24-56-25-43)27-6-4-26(5-7-27)38(53)47(3)31-19-48(20-31)30-10-13-33-34(18-30)40(55)50(39(33)54)35-14-15-36(51)46-37(35)52/h4-13,16-18,31,35H,14-15,19-25H2,1-3H3,(H,46,51,52). The lowest BCUT2D eigenvalue weighted by Gasteiger charge is -2.54. The number of carbonyl (C=O) groups is 5. The highest BCUT2D eigenvalue weighted by atomic mass is 16.5. The first kappa shape index (κ1) is 36.5. The Kier molecular flexibility index (Phi) is 8.83. The quantitative estimate of drug-likeness (QED) is 0.236. The van der Waals surface area contributed by atoms with Crippen molar-refractivity contribution in [3.05, 3.63) is 113 Å². The molecular weight excluding hydrogens is 727 g/mol. The summed E-state index contributed by atoms with van der Waals surface area (Å²) in [4.78, 5) is 80.1. The minimum absolute atomic E-state index is 0.0492. The smallest absolute Gasteiger partial charge is 0.262 e. The molecule has 0 aliphatic carbocycles. The lowest BCUT2D eigenvalue weighted by atomic mass is 9.78. The van der Waals surface area contributed by atoms with Gasteiger partial charge in [-0.25, -0.2) is 9.97 Å². The fourth-order valence-corrected chi connectivity index (χ4v) is 8.35. The first-order valence-electron chi connectivity index (χ1n) is 19.3. The van der Waals surface area contributed by atoms with Crippen LogP contribution in [0.1, 0.15) is 74.6 Å². The lowest BCUT2D eigenvalue weighted by Crippen LogP contribution is -2.66. The molecule has 9 rings (SSSR count). The molecule has 4 saturated heterocycles. The fraction of sp³-hybridized carbons (Fsp3) is 0.372. The van der Waals surface area contributed by atoms with Crippen LogP contribution in [0.25, 0.3) is 0 Å². The van der Waals surface area contributed by atoms with Crippen molar-refractivity contribution in [1.29, 1.82) is 0 Å². The summed E-state index contributed by atoms with van der Waals surface area (Å²) in [6, 6.07) is 21.7. The molecule has 1 unspecified atom stereocenters. The molecule has 5 amide bonds. The van der Waals surface area contributed by atoms with Gasteiger partial charge in [0, 0.05) is 62.5 Å². The van der Waals surface area contributed by atoms with Crippen molar-refractivity contribution in [2.45, 2.75) is 50.8 Å². The van der Waals surface area contributed by atoms with E-state index in [0.29, 0.717) is 30.7 Å². The molecule has 4 aromatic rings. The normalized spacial score (nSPS) is 20.1. The Morgan fingerprint density at radius 1 is 0.912 bits per heavy atom. The van der Waals surface area contributed by atoms with Crippen LogP contribution in [-0.2, 0) is 26.3 Å². The second-order valence-corrected chi connectivity index (χ2v) is 16.4. The maximum absolute atomic E-state index is 13.6. The molecule has 5 aliphatic heterocycles. The van der Waals surface area contributed by atoms with E-state index in [9.17, 15) is 24.0 Å². The minimum atomic E-state index is -1.01. The van der Waals surface area contributed by atoms with Gasteiger partial charge in [0.15, 0.2) is 0 Å². The molecule has 292 valence electrons. The number of amides is 5. The third-order valence-corrected chi connectivity index (χ3v) is 12.2. The van der Waals surface area contributed by atoms with Gasteiger partial charge >= 0.3 is 0 Å². The Bertz CT molecular complexity index is 2290. The van der Waals surface area contributed by atoms with Gasteiger partial charge in [-0.05, 0) is 66.1 Å². The molecular formula is C43H43N7O7. The monoisotopic (exact) mass is 769 g/mol. The second-order valence-electron chi connectivity index (χ2n) is 16.4. The van der Waals surface area contributed by atoms with Crippen LogP contribution in [0.4, 0.5) is 11.6 Å². The van der Waals surface area contributed by atoms with Crippen LogP contribution in [-0.4, -0.2) is 108 Å². The molecule has 14 nitrogen and oxygen atoms in total. The molecule has 1 spiro atoms. The van der Waals surface area contributed by atoms with Gasteiger partial charge in [0.1, 0.15) is 18.4 Å². The molecule has 0 saturated carbocycles. The van der Waals surface area contributed by atoms with E-state index in [4.69, 9.17) is 14.5 Å². The van der Waals surface area contributed by atoms with Gasteiger partial charge in [-0.1, -0.05) is 38.1 Å². The van der Waals surface area contributed by atoms with Crippen molar-refractivity contribution >= 4 is 41.2 Å². The highest BCUT2D eigenvalue weighted by molar-refractivity contribution is 6.23. The zero-order valence-corrected chi connectivity index (χ0v) is 32.1. The Morgan fingerprint density at radius 3 is 2.26 bits per heavy atom. The van der Waals surface area contributed by atoms with E-state index in [2.05, 4.69) is 41.2 Å². The largest absolute Gasteiger partial charge is 0.487 e. The number of imide groups is 2. The van der Waals surface area contributed by atoms with Crippen molar-refractivity contribution in [1.82, 2.24) is 25.1 Å². The highest BCUT2D eigenvalue weighted by Crippen LogP contribution is 2.39. The van der Waals surface area contributed by atoms with Crippen LogP contribution in [0.3, 0.4) is 0 Å². The summed E-state index contributed by atoms with van der Waals surface area (Å²) in [6.07, 6.45) is 1.95. The zero-order valence-electron chi connectivity index (χ0n) is 32.1. The van der Waals surface area contributed by atoms with E-state index >= 15 is 0 Å². The minimum Gasteiger partial charge on any atom is -0.487 e. The third kappa shape index (κ3) is 6.47. The number of likely N-dealkylation sites (N-methyl/N-ethyl adjacent to an activating group) is 1. The average molecular weight is 770 g/mol. The number of nitrogens with one attached hydrogen (secondary N) is 1. The number of nitrogens with zero attached hydrogens (tertiary/aromatic N) is 6. The number of rotatable bonds is 10. The summed E-state index contributed by atoms with van der Waals surface area (Å²) in [5, 5.41) is 2.22. The number of aromatic nitrogens is 2. The molecule has 57 heavy (non-hydrogen) atoms. The summed E-state index contributed by atoms with van der Waals surface area (Å²) in [5.41, 5.74) is 4.77. The summed E-state index contributed by atoms with van der Waals surface area (Å²) in [5.74, 6) is -0.741. The number of carbonyl (C=O) groups excluding carboxylic acids is 5. The van der Waals surface area contributed by atoms with Gasteiger partial charge in [0.2, 0.25) is 17.8 Å². The van der Waals surface area contributed by atoms with Crippen LogP contribution in [0.2, 0.25) is 0 Å². The van der Waals surface area contributed by atoms with Crippen LogP contribution in [0.5, 0.6) is 5.75 Å². The Morgan fingerprint density at radius 2 is 1.60 bits per heavy atom. The van der Waals surface area contributed by atoms with E-state index in [0.717, 1.165) is 65.4 Å². The zero-order chi connectivity index (χ0) is 39.6. The summed E-state index contributed by atoms with van der Waals surface area (Å²) < 4.78 is 11.5. The second kappa shape index (κ2) is 13.8. The molecule has 1 N–H and O–H groups in total. The van der Waals surface area contributed by atoms with Gasteiger partial charge in [-0.2, -0.15) is 0 Å². The van der Waals surface area contributed by atoms with Crippen molar-refractivity contribution in [3.8, 4) is 5.75 Å². The number of piperidine rings is 1. The van der Waals surface area contributed by atoms with Crippen molar-refractivity contribution in [2.75, 3.05) is 56.2 Å². The van der Waals surface area contributed by atoms with E-state index in [1.165, 1.54) is 0 Å². The molecule has 0 radical (unpaired) electrons. The van der Waals surface area contributed by atoms with Crippen LogP contribution < -0.4 is 19.9 Å². The van der Waals surface area contributed by atoms with Crippen LogP contribution in [0, 0.1) is 5.41 Å². The molecule has 1 aromatic heterocycles. The van der Waals surface area contributed by atoms with E-state index in [1.807, 2.05) is 47.4 Å². The van der Waals surface area contributed by atoms with Gasteiger partial charge in [-0.3, -0.25) is 34.2 Å². The average Bonchev–Trinajstić information content (AvgIpc) is 3.40. The molecule has 4 fully saturated rings. The molecule has 1 atom stereocenters. The van der Waals surface area contributed by atoms with Crippen LogP contribution in [0.15, 0.2) is 79.0 Å². The predicted octanol–water partition coefficient (Wildman–Crippen LogP) is 3.58. The molecule has 6 heterocycles. The molecule has 0 bridgehead atoms. The van der Waals surface area contributed by atoms with Crippen molar-refractivity contribution in [3.63, 3.8) is 0 Å². The van der Waals surface area contributed by atoms with Crippen LogP contribution >= 0.6 is 0 Å². The Hall–Kier alpha value is -6.15. The van der Waals surface area contributed by atoms with Gasteiger partial charge in [0.05, 0.1) is 41.5 Å². The number of benzene rings is 3. The molecule has 3 aromatic carbocycles. The van der Waals surface area contributed by atoms with Gasteiger partial charge < -0.3 is 24.2 Å².